The number of unbranched alkanes of at least 4 members (excludes halogenated alkanes) is 8. The molecule has 0 fully saturated rings. The quantitative estimate of drug-likeness (QED) is 0.471. The van der Waals surface area contributed by atoms with E-state index in [1.807, 2.05) is 0 Å². The van der Waals surface area contributed by atoms with E-state index in [2.05, 4.69) is 11.9 Å². The molecule has 0 aliphatic heterocycles. The van der Waals surface area contributed by atoms with Crippen LogP contribution in [0, 0.1) is 0 Å². The maximum atomic E-state index is 8.67. The molecule has 0 saturated carbocycles. The molecule has 0 atom stereocenters. The molecule has 0 aromatic heterocycles. The van der Waals surface area contributed by atoms with Crippen molar-refractivity contribution in [3.05, 3.63) is 0 Å². The highest BCUT2D eigenvalue weighted by molar-refractivity contribution is 4.54. The average molecular weight is 259 g/mol. The van der Waals surface area contributed by atoms with E-state index < -0.39 is 0 Å². The van der Waals surface area contributed by atoms with Crippen LogP contribution in [0.1, 0.15) is 64.2 Å². The summed E-state index contributed by atoms with van der Waals surface area (Å²) in [5, 5.41) is 17.3. The van der Waals surface area contributed by atoms with Crippen LogP contribution in [0.3, 0.4) is 0 Å². The summed E-state index contributed by atoms with van der Waals surface area (Å²) >= 11 is 0. The third-order valence-corrected chi connectivity index (χ3v) is 3.40. The summed E-state index contributed by atoms with van der Waals surface area (Å²) in [6.45, 7) is 3.08. The third kappa shape index (κ3) is 13.9. The van der Waals surface area contributed by atoms with Gasteiger partial charge in [0.2, 0.25) is 0 Å². The molecule has 110 valence electrons. The summed E-state index contributed by atoms with van der Waals surface area (Å²) < 4.78 is 0. The summed E-state index contributed by atoms with van der Waals surface area (Å²) in [7, 11) is 2.21. The Labute approximate surface area is 113 Å². The first-order chi connectivity index (χ1) is 8.81. The smallest absolute Gasteiger partial charge is 0.0431 e. The van der Waals surface area contributed by atoms with Crippen molar-refractivity contribution in [2.24, 2.45) is 0 Å². The maximum Gasteiger partial charge on any atom is 0.0431 e. The number of nitrogens with zero attached hydrogens (tertiary/aromatic N) is 1. The molecule has 0 saturated heterocycles. The van der Waals surface area contributed by atoms with Crippen LogP contribution in [0.25, 0.3) is 0 Å². The molecule has 3 heteroatoms. The fourth-order valence-corrected chi connectivity index (χ4v) is 2.16. The standard InChI is InChI=1S/C15H33NO2/c1-16(13-9-5-7-11-15-18)12-8-4-2-3-6-10-14-17/h17-18H,2-15H2,1H3. The van der Waals surface area contributed by atoms with E-state index >= 15 is 0 Å². The van der Waals surface area contributed by atoms with Gasteiger partial charge in [-0.05, 0) is 45.8 Å². The van der Waals surface area contributed by atoms with Gasteiger partial charge in [-0.2, -0.15) is 0 Å². The van der Waals surface area contributed by atoms with Gasteiger partial charge in [-0.15, -0.1) is 0 Å². The molecule has 0 aromatic rings. The molecule has 0 bridgehead atoms. The van der Waals surface area contributed by atoms with E-state index in [0.29, 0.717) is 13.2 Å². The van der Waals surface area contributed by atoms with Crippen LogP contribution in [-0.2, 0) is 0 Å². The second kappa shape index (κ2) is 14.9. The Morgan fingerprint density at radius 1 is 0.556 bits per heavy atom. The summed E-state index contributed by atoms with van der Waals surface area (Å²) in [5.41, 5.74) is 0. The average Bonchev–Trinajstić information content (AvgIpc) is 2.37. The summed E-state index contributed by atoms with van der Waals surface area (Å²) in [6.07, 6.45) is 12.0. The summed E-state index contributed by atoms with van der Waals surface area (Å²) in [5.74, 6) is 0. The monoisotopic (exact) mass is 259 g/mol. The number of aliphatic hydroxyl groups excluding tert-OH is 2. The Morgan fingerprint density at radius 3 is 1.28 bits per heavy atom. The van der Waals surface area contributed by atoms with Crippen LogP contribution < -0.4 is 0 Å². The molecule has 0 heterocycles. The van der Waals surface area contributed by atoms with E-state index in [9.17, 15) is 0 Å². The van der Waals surface area contributed by atoms with E-state index in [-0.39, 0.29) is 0 Å². The number of rotatable bonds is 14. The van der Waals surface area contributed by atoms with Crippen molar-refractivity contribution in [3.8, 4) is 0 Å². The van der Waals surface area contributed by atoms with Crippen LogP contribution in [0.15, 0.2) is 0 Å². The first kappa shape index (κ1) is 17.9. The van der Waals surface area contributed by atoms with E-state index in [0.717, 1.165) is 19.3 Å². The van der Waals surface area contributed by atoms with E-state index in [1.54, 1.807) is 0 Å². The van der Waals surface area contributed by atoms with Gasteiger partial charge >= 0.3 is 0 Å². The molecular weight excluding hydrogens is 226 g/mol. The van der Waals surface area contributed by atoms with Gasteiger partial charge in [-0.25, -0.2) is 0 Å². The van der Waals surface area contributed by atoms with Gasteiger partial charge in [-0.3, -0.25) is 0 Å². The minimum Gasteiger partial charge on any atom is -0.396 e. The molecule has 2 N–H and O–H groups in total. The van der Waals surface area contributed by atoms with Crippen molar-refractivity contribution in [1.29, 1.82) is 0 Å². The van der Waals surface area contributed by atoms with Gasteiger partial charge in [0.25, 0.3) is 0 Å². The van der Waals surface area contributed by atoms with Crippen LogP contribution in [0.4, 0.5) is 0 Å². The molecule has 18 heavy (non-hydrogen) atoms. The SMILES string of the molecule is CN(CCCCCCO)CCCCCCCCO. The first-order valence-corrected chi connectivity index (χ1v) is 7.71. The highest BCUT2D eigenvalue weighted by atomic mass is 16.3. The van der Waals surface area contributed by atoms with Gasteiger partial charge < -0.3 is 15.1 Å². The highest BCUT2D eigenvalue weighted by Crippen LogP contribution is 2.06. The van der Waals surface area contributed by atoms with Crippen molar-refractivity contribution >= 4 is 0 Å². The molecule has 0 aromatic carbocycles. The lowest BCUT2D eigenvalue weighted by Crippen LogP contribution is -2.20. The highest BCUT2D eigenvalue weighted by Gasteiger charge is 1.98. The fourth-order valence-electron chi connectivity index (χ4n) is 2.16. The molecule has 0 radical (unpaired) electrons. The van der Waals surface area contributed by atoms with Gasteiger partial charge in [0.15, 0.2) is 0 Å². The molecule has 3 nitrogen and oxygen atoms in total. The summed E-state index contributed by atoms with van der Waals surface area (Å²) in [6, 6.07) is 0. The molecule has 0 aliphatic rings. The van der Waals surface area contributed by atoms with Crippen molar-refractivity contribution in [2.45, 2.75) is 64.2 Å². The Hall–Kier alpha value is -0.120. The van der Waals surface area contributed by atoms with Crippen LogP contribution in [-0.4, -0.2) is 48.5 Å². The Morgan fingerprint density at radius 2 is 0.889 bits per heavy atom. The lowest BCUT2D eigenvalue weighted by molar-refractivity contribution is 0.276. The number of hydrogen-bond donors (Lipinski definition) is 2. The minimum absolute atomic E-state index is 0.339. The zero-order chi connectivity index (χ0) is 13.5. The van der Waals surface area contributed by atoms with Crippen molar-refractivity contribution in [3.63, 3.8) is 0 Å². The topological polar surface area (TPSA) is 43.7 Å². The fraction of sp³-hybridized carbons (Fsp3) is 1.00. The zero-order valence-corrected chi connectivity index (χ0v) is 12.2. The van der Waals surface area contributed by atoms with Gasteiger partial charge in [0.1, 0.15) is 0 Å². The Balaban J connectivity index is 3.09. The van der Waals surface area contributed by atoms with Crippen molar-refractivity contribution in [2.75, 3.05) is 33.4 Å². The van der Waals surface area contributed by atoms with Crippen molar-refractivity contribution in [1.82, 2.24) is 4.90 Å². The number of aliphatic hydroxyl groups is 2. The minimum atomic E-state index is 0.339. The predicted molar refractivity (Wildman–Crippen MR) is 77.8 cm³/mol. The van der Waals surface area contributed by atoms with Crippen LogP contribution >= 0.6 is 0 Å². The lowest BCUT2D eigenvalue weighted by Gasteiger charge is -2.16. The molecule has 0 amide bonds. The maximum absolute atomic E-state index is 8.67. The Bertz CT molecular complexity index is 153. The third-order valence-electron chi connectivity index (χ3n) is 3.40. The van der Waals surface area contributed by atoms with E-state index in [4.69, 9.17) is 10.2 Å². The molecule has 0 spiro atoms. The van der Waals surface area contributed by atoms with Gasteiger partial charge in [0.05, 0.1) is 0 Å². The molecule has 0 aliphatic carbocycles. The Kier molecular flexibility index (Phi) is 14.8. The van der Waals surface area contributed by atoms with E-state index in [1.165, 1.54) is 58.0 Å². The van der Waals surface area contributed by atoms with Gasteiger partial charge in [0, 0.05) is 13.2 Å². The predicted octanol–water partition coefficient (Wildman–Crippen LogP) is 2.80. The van der Waals surface area contributed by atoms with Crippen LogP contribution in [0.5, 0.6) is 0 Å². The second-order valence-corrected chi connectivity index (χ2v) is 5.29. The molecule has 0 unspecified atom stereocenters. The molecular formula is C15H33NO2. The summed E-state index contributed by atoms with van der Waals surface area (Å²) in [4.78, 5) is 2.42. The second-order valence-electron chi connectivity index (χ2n) is 5.29. The zero-order valence-electron chi connectivity index (χ0n) is 12.2. The van der Waals surface area contributed by atoms with Crippen LogP contribution in [0.2, 0.25) is 0 Å². The lowest BCUT2D eigenvalue weighted by atomic mass is 10.1. The largest absolute Gasteiger partial charge is 0.396 e. The number of hydrogen-bond acceptors (Lipinski definition) is 3. The molecule has 0 rings (SSSR count). The first-order valence-electron chi connectivity index (χ1n) is 7.71. The van der Waals surface area contributed by atoms with Gasteiger partial charge in [-0.1, -0.05) is 38.5 Å². The van der Waals surface area contributed by atoms with Crippen molar-refractivity contribution < 1.29 is 10.2 Å². The normalized spacial score (nSPS) is 11.3.